The number of likely N-dealkylation sites (tertiary alicyclic amines) is 1. The number of rotatable bonds is 44. The van der Waals surface area contributed by atoms with Crippen LogP contribution in [0.1, 0.15) is 158 Å². The Morgan fingerprint density at radius 1 is 0.458 bits per heavy atom. The maximum atomic E-state index is 14.3. The number of guanidine groups is 1. The van der Waals surface area contributed by atoms with Crippen molar-refractivity contribution in [2.75, 3.05) is 32.7 Å². The van der Waals surface area contributed by atoms with Gasteiger partial charge >= 0.3 is 5.97 Å². The van der Waals surface area contributed by atoms with Gasteiger partial charge in [0.05, 0.1) is 6.04 Å². The number of primary amides is 2. The summed E-state index contributed by atoms with van der Waals surface area (Å²) in [6, 6.07) is -16.2. The number of carbonyl (C=O) groups excluding carboxylic acids is 14. The second-order valence-electron chi connectivity index (χ2n) is 24.9. The van der Waals surface area contributed by atoms with E-state index in [9.17, 15) is 77.0 Å². The zero-order chi connectivity index (χ0) is 72.5. The van der Waals surface area contributed by atoms with Gasteiger partial charge in [0.15, 0.2) is 5.96 Å². The SMILES string of the molecule is CC(C)[C@H](NC(=O)[C@H](CCCCN)NC(=O)[C@H](CCCNC(=N)N)NC(=O)[C@H](C)NC(=O)[C@H](CCCCN)NC(=O)[C@H](C)NC(=O)[C@H](CCC(N)=O)NC(=O)[C@@H]1CCCN1C(=O)[C@@H](NC(=O)[C@@H]1CCCN1)C(C)C)C(=O)N[C@@H](C)C(=O)N[C@@H](C)C(=O)N[C@@H](CCC(N)=O)C(=O)O. The summed E-state index contributed by atoms with van der Waals surface area (Å²) in [6.07, 6.45) is 2.16. The van der Waals surface area contributed by atoms with Crippen molar-refractivity contribution in [3.8, 4) is 0 Å². The number of hydrogen-bond donors (Lipinski definition) is 20. The van der Waals surface area contributed by atoms with E-state index < -0.39 is 167 Å². The summed E-state index contributed by atoms with van der Waals surface area (Å²) >= 11 is 0. The molecule has 25 N–H and O–H groups in total. The third-order valence-corrected chi connectivity index (χ3v) is 16.1. The maximum absolute atomic E-state index is 14.3. The molecule has 2 rings (SSSR count). The summed E-state index contributed by atoms with van der Waals surface area (Å²) in [5.41, 5.74) is 27.5. The van der Waals surface area contributed by atoms with Gasteiger partial charge in [-0.15, -0.1) is 0 Å². The van der Waals surface area contributed by atoms with Gasteiger partial charge in [-0.25, -0.2) is 4.79 Å². The Bertz CT molecular complexity index is 2710. The number of carbonyl (C=O) groups is 15. The van der Waals surface area contributed by atoms with E-state index in [1.165, 1.54) is 32.6 Å². The highest BCUT2D eigenvalue weighted by atomic mass is 16.4. The van der Waals surface area contributed by atoms with E-state index in [0.29, 0.717) is 45.1 Å². The summed E-state index contributed by atoms with van der Waals surface area (Å²) in [6.45, 7) is 13.2. The first kappa shape index (κ1) is 83.3. The highest BCUT2D eigenvalue weighted by Crippen LogP contribution is 2.22. The summed E-state index contributed by atoms with van der Waals surface area (Å²) < 4.78 is 0. The average molecular weight is 1360 g/mol. The van der Waals surface area contributed by atoms with Gasteiger partial charge in [0.25, 0.3) is 0 Å². The molecule has 542 valence electrons. The second kappa shape index (κ2) is 42.6. The molecular formula is C60H106N20O16. The van der Waals surface area contributed by atoms with E-state index in [1.807, 2.05) is 0 Å². The van der Waals surface area contributed by atoms with Gasteiger partial charge in [0.2, 0.25) is 82.7 Å². The number of nitrogens with one attached hydrogen (secondary N) is 14. The van der Waals surface area contributed by atoms with Gasteiger partial charge in [-0.3, -0.25) is 72.5 Å². The number of carboxylic acids is 1. The molecule has 0 saturated carbocycles. The largest absolute Gasteiger partial charge is 0.480 e. The first-order chi connectivity index (χ1) is 45.1. The smallest absolute Gasteiger partial charge is 0.326 e. The molecule has 0 aliphatic carbocycles. The van der Waals surface area contributed by atoms with Crippen molar-refractivity contribution in [2.45, 2.75) is 237 Å². The minimum Gasteiger partial charge on any atom is -0.480 e. The topological polar surface area (TPSA) is 590 Å². The molecule has 2 heterocycles. The van der Waals surface area contributed by atoms with Crippen LogP contribution in [0.25, 0.3) is 0 Å². The lowest BCUT2D eigenvalue weighted by Crippen LogP contribution is -2.60. The quantitative estimate of drug-likeness (QED) is 0.0153. The predicted molar refractivity (Wildman–Crippen MR) is 349 cm³/mol. The summed E-state index contributed by atoms with van der Waals surface area (Å²) in [4.78, 5) is 201. The lowest BCUT2D eigenvalue weighted by molar-refractivity contribution is -0.143. The van der Waals surface area contributed by atoms with Crippen LogP contribution in [-0.2, 0) is 71.9 Å². The highest BCUT2D eigenvalue weighted by molar-refractivity contribution is 6.00. The van der Waals surface area contributed by atoms with Gasteiger partial charge in [-0.1, -0.05) is 27.7 Å². The Labute approximate surface area is 559 Å². The molecule has 36 nitrogen and oxygen atoms in total. The number of carboxylic acid groups (broad SMARTS) is 1. The van der Waals surface area contributed by atoms with Gasteiger partial charge in [-0.05, 0) is 149 Å². The fourth-order valence-corrected chi connectivity index (χ4v) is 10.3. The van der Waals surface area contributed by atoms with Crippen LogP contribution in [0.2, 0.25) is 0 Å². The molecule has 0 aromatic carbocycles. The average Bonchev–Trinajstić information content (AvgIpc) is 1.62. The van der Waals surface area contributed by atoms with Gasteiger partial charge < -0.3 is 108 Å². The van der Waals surface area contributed by atoms with Crippen molar-refractivity contribution >= 4 is 94.6 Å². The van der Waals surface area contributed by atoms with E-state index >= 15 is 0 Å². The Morgan fingerprint density at radius 3 is 1.30 bits per heavy atom. The van der Waals surface area contributed by atoms with Crippen LogP contribution in [0.5, 0.6) is 0 Å². The number of nitrogens with zero attached hydrogens (tertiary/aromatic N) is 1. The molecule has 2 aliphatic rings. The van der Waals surface area contributed by atoms with E-state index in [-0.39, 0.29) is 102 Å². The second-order valence-corrected chi connectivity index (χ2v) is 24.9. The molecule has 13 atom stereocenters. The van der Waals surface area contributed by atoms with E-state index in [0.717, 1.165) is 6.42 Å². The fourth-order valence-electron chi connectivity index (χ4n) is 10.3. The molecule has 2 saturated heterocycles. The number of amides is 14. The van der Waals surface area contributed by atoms with E-state index in [4.69, 9.17) is 34.1 Å². The molecular weight excluding hydrogens is 1260 g/mol. The molecule has 2 fully saturated rings. The van der Waals surface area contributed by atoms with Crippen molar-refractivity contribution in [1.82, 2.24) is 74.0 Å². The molecule has 36 heteroatoms. The fraction of sp³-hybridized carbons (Fsp3) is 0.733. The van der Waals surface area contributed by atoms with Crippen LogP contribution in [0.15, 0.2) is 0 Å². The Balaban J connectivity index is 2.28. The minimum absolute atomic E-state index is 0.00802. The van der Waals surface area contributed by atoms with Crippen LogP contribution in [0.4, 0.5) is 0 Å². The molecule has 14 amide bonds. The third-order valence-electron chi connectivity index (χ3n) is 16.1. The Kier molecular flexibility index (Phi) is 37.0. The first-order valence-electron chi connectivity index (χ1n) is 32.8. The zero-order valence-corrected chi connectivity index (χ0v) is 56.4. The zero-order valence-electron chi connectivity index (χ0n) is 56.4. The molecule has 0 aromatic heterocycles. The van der Waals surface area contributed by atoms with E-state index in [2.05, 4.69) is 69.1 Å². The van der Waals surface area contributed by atoms with Crippen molar-refractivity contribution in [2.24, 2.45) is 40.5 Å². The summed E-state index contributed by atoms with van der Waals surface area (Å²) in [5.74, 6) is -13.8. The van der Waals surface area contributed by atoms with Crippen LogP contribution >= 0.6 is 0 Å². The molecule has 0 aromatic rings. The number of aliphatic carboxylic acids is 1. The van der Waals surface area contributed by atoms with Gasteiger partial charge in [0, 0.05) is 25.9 Å². The molecule has 2 aliphatic heterocycles. The van der Waals surface area contributed by atoms with Crippen LogP contribution in [0, 0.1) is 17.2 Å². The predicted octanol–water partition coefficient (Wildman–Crippen LogP) is -6.41. The molecule has 0 radical (unpaired) electrons. The van der Waals surface area contributed by atoms with Crippen molar-refractivity contribution in [1.29, 1.82) is 5.41 Å². The van der Waals surface area contributed by atoms with Gasteiger partial charge in [0.1, 0.15) is 72.5 Å². The number of nitrogens with two attached hydrogens (primary N) is 5. The lowest BCUT2D eigenvalue weighted by Gasteiger charge is -2.32. The number of unbranched alkanes of at least 4 members (excludes halogenated alkanes) is 2. The maximum Gasteiger partial charge on any atom is 0.326 e. The molecule has 0 spiro atoms. The monoisotopic (exact) mass is 1360 g/mol. The highest BCUT2D eigenvalue weighted by Gasteiger charge is 2.42. The van der Waals surface area contributed by atoms with Crippen molar-refractivity contribution in [3.05, 3.63) is 0 Å². The Hall–Kier alpha value is -8.80. The van der Waals surface area contributed by atoms with Crippen molar-refractivity contribution in [3.63, 3.8) is 0 Å². The van der Waals surface area contributed by atoms with Crippen LogP contribution in [0.3, 0.4) is 0 Å². The summed E-state index contributed by atoms with van der Waals surface area (Å²) in [7, 11) is 0. The standard InChI is InChI=1S/C60H106N20O16/c1-30(2)45(57(93)72-32(5)47(83)69-33(6)50(86)77-41(59(95)96)22-24-44(64)82)78-55(91)38(17-10-12-26-62)75-54(90)39(19-14-28-68-60(65)66)74-49(85)34(7)70-52(88)37(16-9-11-25-61)73-48(84)35(8)71-53(89)40(21-23-43(63)81)76-56(92)42-20-15-29-80(42)58(94)46(31(3)4)79-51(87)36-18-13-27-67-36/h30-42,45-46,67H,9-29,61-62H2,1-8H3,(H2,63,81)(H2,64,82)(H,69,83)(H,70,88)(H,71,89)(H,72,93)(H,73,84)(H,74,85)(H,75,90)(H,76,92)(H,77,86)(H,78,91)(H,79,87)(H,95,96)(H4,65,66,68)/t32-,33-,34-,35-,36-,37-,38-,39-,40-,41-,42-,45-,46-/m0/s1. The number of hydrogen-bond acceptors (Lipinski definition) is 19. The molecule has 0 bridgehead atoms. The van der Waals surface area contributed by atoms with E-state index in [1.54, 1.807) is 27.7 Å². The van der Waals surface area contributed by atoms with Crippen LogP contribution in [-0.4, -0.2) is 216 Å². The molecule has 96 heavy (non-hydrogen) atoms. The third kappa shape index (κ3) is 29.5. The lowest BCUT2D eigenvalue weighted by atomic mass is 10.0. The molecule has 0 unspecified atom stereocenters. The van der Waals surface area contributed by atoms with Crippen molar-refractivity contribution < 1.29 is 77.0 Å². The summed E-state index contributed by atoms with van der Waals surface area (Å²) in [5, 5.41) is 50.7. The normalized spacial score (nSPS) is 17.7. The van der Waals surface area contributed by atoms with Gasteiger partial charge in [-0.2, -0.15) is 0 Å². The minimum atomic E-state index is -1.49. The first-order valence-corrected chi connectivity index (χ1v) is 32.8. The Morgan fingerprint density at radius 2 is 0.865 bits per heavy atom. The van der Waals surface area contributed by atoms with Crippen LogP contribution < -0.4 is 97.8 Å².